The lowest BCUT2D eigenvalue weighted by Gasteiger charge is -2.18. The van der Waals surface area contributed by atoms with Crippen molar-refractivity contribution < 1.29 is 9.32 Å². The molecule has 2 aromatic heterocycles. The van der Waals surface area contributed by atoms with E-state index in [9.17, 15) is 4.79 Å². The van der Waals surface area contributed by atoms with Gasteiger partial charge in [-0.15, -0.1) is 11.8 Å². The van der Waals surface area contributed by atoms with Gasteiger partial charge in [0.25, 0.3) is 5.91 Å². The summed E-state index contributed by atoms with van der Waals surface area (Å²) < 4.78 is 5.24. The van der Waals surface area contributed by atoms with Crippen molar-refractivity contribution in [2.24, 2.45) is 0 Å². The Morgan fingerprint density at radius 1 is 1.24 bits per heavy atom. The average Bonchev–Trinajstić information content (AvgIpc) is 3.06. The van der Waals surface area contributed by atoms with E-state index in [0.29, 0.717) is 17.9 Å². The van der Waals surface area contributed by atoms with Gasteiger partial charge in [0, 0.05) is 36.9 Å². The molecule has 128 valence electrons. The maximum Gasteiger partial charge on any atom is 0.255 e. The summed E-state index contributed by atoms with van der Waals surface area (Å²) in [6, 6.07) is 13.4. The number of carbonyl (C=O) groups excluding carboxylic acids is 1. The first-order valence-electron chi connectivity index (χ1n) is 7.92. The highest BCUT2D eigenvalue weighted by Gasteiger charge is 2.16. The number of aryl methyl sites for hydroxylation is 1. The van der Waals surface area contributed by atoms with Gasteiger partial charge < -0.3 is 9.42 Å². The maximum absolute atomic E-state index is 12.8. The van der Waals surface area contributed by atoms with Crippen LogP contribution in [0.25, 0.3) is 0 Å². The summed E-state index contributed by atoms with van der Waals surface area (Å²) in [7, 11) is 1.80. The molecule has 0 aliphatic rings. The van der Waals surface area contributed by atoms with Crippen molar-refractivity contribution in [2.75, 3.05) is 7.05 Å². The van der Waals surface area contributed by atoms with Crippen LogP contribution in [0.5, 0.6) is 0 Å². The van der Waals surface area contributed by atoms with Gasteiger partial charge >= 0.3 is 0 Å². The normalized spacial score (nSPS) is 10.6. The third-order valence-corrected chi connectivity index (χ3v) is 4.75. The minimum absolute atomic E-state index is 0.0132. The molecule has 0 atom stereocenters. The molecule has 0 unspecified atom stereocenters. The number of hydrogen-bond acceptors (Lipinski definition) is 5. The highest BCUT2D eigenvalue weighted by Crippen LogP contribution is 2.27. The quantitative estimate of drug-likeness (QED) is 0.628. The van der Waals surface area contributed by atoms with Crippen molar-refractivity contribution in [3.8, 4) is 0 Å². The number of amides is 1. The standard InChI is InChI=1S/C19H19N3O2S/c1-14-10-16(24-21-14)13-25-18-8-4-3-7-17(18)19(23)22(2)12-15-6-5-9-20-11-15/h3-11H,12-13H2,1-2H3. The Kier molecular flexibility index (Phi) is 5.50. The molecule has 0 radical (unpaired) electrons. The first kappa shape index (κ1) is 17.2. The molecule has 5 nitrogen and oxygen atoms in total. The van der Waals surface area contributed by atoms with Crippen molar-refractivity contribution in [3.05, 3.63) is 77.4 Å². The summed E-state index contributed by atoms with van der Waals surface area (Å²) in [5.74, 6) is 1.42. The zero-order valence-corrected chi connectivity index (χ0v) is 15.0. The smallest absolute Gasteiger partial charge is 0.255 e. The largest absolute Gasteiger partial charge is 0.360 e. The van der Waals surface area contributed by atoms with Gasteiger partial charge in [0.1, 0.15) is 5.76 Å². The molecule has 0 N–H and O–H groups in total. The maximum atomic E-state index is 12.8. The molecule has 3 aromatic rings. The van der Waals surface area contributed by atoms with Crippen LogP contribution >= 0.6 is 11.8 Å². The van der Waals surface area contributed by atoms with Crippen molar-refractivity contribution in [3.63, 3.8) is 0 Å². The molecule has 0 fully saturated rings. The van der Waals surface area contributed by atoms with E-state index < -0.39 is 0 Å². The van der Waals surface area contributed by atoms with Crippen LogP contribution in [0.1, 0.15) is 27.4 Å². The fraction of sp³-hybridized carbons (Fsp3) is 0.211. The van der Waals surface area contributed by atoms with Gasteiger partial charge in [-0.05, 0) is 30.7 Å². The van der Waals surface area contributed by atoms with Crippen LogP contribution in [-0.2, 0) is 12.3 Å². The van der Waals surface area contributed by atoms with Crippen LogP contribution < -0.4 is 0 Å². The lowest BCUT2D eigenvalue weighted by Crippen LogP contribution is -2.26. The number of benzene rings is 1. The second kappa shape index (κ2) is 7.98. The number of thioether (sulfide) groups is 1. The van der Waals surface area contributed by atoms with Crippen LogP contribution in [0, 0.1) is 6.92 Å². The molecule has 2 heterocycles. The molecule has 1 amide bonds. The first-order valence-corrected chi connectivity index (χ1v) is 8.90. The Morgan fingerprint density at radius 3 is 2.80 bits per heavy atom. The Balaban J connectivity index is 1.71. The van der Waals surface area contributed by atoms with Gasteiger partial charge in [-0.25, -0.2) is 0 Å². The van der Waals surface area contributed by atoms with Crippen molar-refractivity contribution in [1.29, 1.82) is 0 Å². The molecule has 0 saturated carbocycles. The van der Waals surface area contributed by atoms with Crippen LogP contribution in [0.2, 0.25) is 0 Å². The summed E-state index contributed by atoms with van der Waals surface area (Å²) in [6.07, 6.45) is 3.50. The van der Waals surface area contributed by atoms with E-state index in [-0.39, 0.29) is 5.91 Å². The Morgan fingerprint density at radius 2 is 2.08 bits per heavy atom. The average molecular weight is 353 g/mol. The van der Waals surface area contributed by atoms with Crippen LogP contribution in [0.15, 0.2) is 64.3 Å². The topological polar surface area (TPSA) is 59.2 Å². The molecule has 3 rings (SSSR count). The zero-order valence-electron chi connectivity index (χ0n) is 14.2. The molecule has 0 spiro atoms. The number of aromatic nitrogens is 2. The predicted octanol–water partition coefficient (Wildman–Crippen LogP) is 3.94. The summed E-state index contributed by atoms with van der Waals surface area (Å²) in [4.78, 5) is 19.6. The Hall–Kier alpha value is -2.60. The van der Waals surface area contributed by atoms with Crippen molar-refractivity contribution in [2.45, 2.75) is 24.1 Å². The van der Waals surface area contributed by atoms with E-state index in [2.05, 4.69) is 10.1 Å². The Labute approximate surface area is 151 Å². The van der Waals surface area contributed by atoms with Gasteiger partial charge in [0.05, 0.1) is 17.0 Å². The predicted molar refractivity (Wildman–Crippen MR) is 97.3 cm³/mol. The van der Waals surface area contributed by atoms with Gasteiger partial charge in [-0.2, -0.15) is 0 Å². The molecular formula is C19H19N3O2S. The minimum Gasteiger partial charge on any atom is -0.360 e. The monoisotopic (exact) mass is 353 g/mol. The summed E-state index contributed by atoms with van der Waals surface area (Å²) >= 11 is 1.57. The van der Waals surface area contributed by atoms with Gasteiger partial charge in [0.2, 0.25) is 0 Å². The van der Waals surface area contributed by atoms with E-state index in [4.69, 9.17) is 4.52 Å². The SMILES string of the molecule is Cc1cc(CSc2ccccc2C(=O)N(C)Cc2cccnc2)on1. The highest BCUT2D eigenvalue weighted by atomic mass is 32.2. The summed E-state index contributed by atoms with van der Waals surface area (Å²) in [5, 5.41) is 3.89. The second-order valence-corrected chi connectivity index (χ2v) is 6.76. The second-order valence-electron chi connectivity index (χ2n) is 5.74. The first-order chi connectivity index (χ1) is 12.1. The van der Waals surface area contributed by atoms with Crippen molar-refractivity contribution in [1.82, 2.24) is 15.0 Å². The zero-order chi connectivity index (χ0) is 17.6. The van der Waals surface area contributed by atoms with Crippen molar-refractivity contribution >= 4 is 17.7 Å². The fourth-order valence-electron chi connectivity index (χ4n) is 2.45. The van der Waals surface area contributed by atoms with Gasteiger partial charge in [-0.1, -0.05) is 23.4 Å². The summed E-state index contributed by atoms with van der Waals surface area (Å²) in [6.45, 7) is 2.41. The summed E-state index contributed by atoms with van der Waals surface area (Å²) in [5.41, 5.74) is 2.55. The molecule has 0 saturated heterocycles. The van der Waals surface area contributed by atoms with E-state index in [1.807, 2.05) is 49.4 Å². The number of carbonyl (C=O) groups is 1. The number of pyridine rings is 1. The molecule has 0 bridgehead atoms. The van der Waals surface area contributed by atoms with Gasteiger partial charge in [0.15, 0.2) is 0 Å². The van der Waals surface area contributed by atoms with Crippen LogP contribution in [-0.4, -0.2) is 28.0 Å². The van der Waals surface area contributed by atoms with Crippen LogP contribution in [0.3, 0.4) is 0 Å². The molecule has 1 aromatic carbocycles. The highest BCUT2D eigenvalue weighted by molar-refractivity contribution is 7.98. The van der Waals surface area contributed by atoms with Gasteiger partial charge in [-0.3, -0.25) is 9.78 Å². The van der Waals surface area contributed by atoms with E-state index >= 15 is 0 Å². The molecule has 0 aliphatic heterocycles. The Bertz CT molecular complexity index is 849. The van der Waals surface area contributed by atoms with E-state index in [1.165, 1.54) is 0 Å². The molecule has 6 heteroatoms. The number of hydrogen-bond donors (Lipinski definition) is 0. The number of nitrogens with zero attached hydrogens (tertiary/aromatic N) is 3. The molecular weight excluding hydrogens is 334 g/mol. The molecule has 0 aliphatic carbocycles. The third kappa shape index (κ3) is 4.48. The number of rotatable bonds is 6. The van der Waals surface area contributed by atoms with Crippen LogP contribution in [0.4, 0.5) is 0 Å². The fourth-order valence-corrected chi connectivity index (χ4v) is 3.36. The van der Waals surface area contributed by atoms with E-state index in [1.54, 1.807) is 36.1 Å². The minimum atomic E-state index is -0.0132. The third-order valence-electron chi connectivity index (χ3n) is 3.65. The lowest BCUT2D eigenvalue weighted by molar-refractivity contribution is 0.0781. The lowest BCUT2D eigenvalue weighted by atomic mass is 10.2. The molecule has 25 heavy (non-hydrogen) atoms. The van der Waals surface area contributed by atoms with E-state index in [0.717, 1.165) is 21.9 Å².